The highest BCUT2D eigenvalue weighted by Crippen LogP contribution is 2.27. The number of rotatable bonds is 6. The Morgan fingerprint density at radius 3 is 2.21 bits per heavy atom. The lowest BCUT2D eigenvalue weighted by Gasteiger charge is -2.13. The molecule has 0 aliphatic heterocycles. The van der Waals surface area contributed by atoms with Crippen molar-refractivity contribution in [3.8, 4) is 5.75 Å². The summed E-state index contributed by atoms with van der Waals surface area (Å²) in [6.07, 6.45) is 0.450. The topological polar surface area (TPSA) is 79.5 Å². The average Bonchev–Trinajstić information content (AvgIpc) is 2.64. The van der Waals surface area contributed by atoms with Gasteiger partial charge in [0.05, 0.1) is 10.6 Å². The van der Waals surface area contributed by atoms with E-state index in [1.165, 1.54) is 0 Å². The SMILES string of the molecule is CCC(=O)Nc1ccc(NC(=S)NC(=O)c2ccc(OC(C)C)c(Br)c2)cc1. The van der Waals surface area contributed by atoms with E-state index in [0.29, 0.717) is 33.6 Å². The highest BCUT2D eigenvalue weighted by Gasteiger charge is 2.12. The zero-order valence-electron chi connectivity index (χ0n) is 15.8. The van der Waals surface area contributed by atoms with Gasteiger partial charge in [-0.05, 0) is 84.5 Å². The van der Waals surface area contributed by atoms with Crippen LogP contribution in [0.5, 0.6) is 5.75 Å². The van der Waals surface area contributed by atoms with Crippen molar-refractivity contribution in [3.05, 3.63) is 52.5 Å². The third kappa shape index (κ3) is 6.61. The summed E-state index contributed by atoms with van der Waals surface area (Å²) in [7, 11) is 0. The first-order chi connectivity index (χ1) is 13.3. The molecule has 0 spiro atoms. The number of benzene rings is 2. The molecule has 0 bridgehead atoms. The van der Waals surface area contributed by atoms with Gasteiger partial charge >= 0.3 is 0 Å². The highest BCUT2D eigenvalue weighted by molar-refractivity contribution is 9.10. The smallest absolute Gasteiger partial charge is 0.257 e. The quantitative estimate of drug-likeness (QED) is 0.540. The van der Waals surface area contributed by atoms with Gasteiger partial charge < -0.3 is 15.4 Å². The molecular weight excluding hydrogens is 442 g/mol. The number of halogens is 1. The van der Waals surface area contributed by atoms with Crippen molar-refractivity contribution < 1.29 is 14.3 Å². The van der Waals surface area contributed by atoms with E-state index in [1.54, 1.807) is 49.4 Å². The number of nitrogens with one attached hydrogen (secondary N) is 3. The van der Waals surface area contributed by atoms with E-state index >= 15 is 0 Å². The Kier molecular flexibility index (Phi) is 7.95. The second-order valence-electron chi connectivity index (χ2n) is 6.20. The van der Waals surface area contributed by atoms with E-state index in [0.717, 1.165) is 0 Å². The number of ether oxygens (including phenoxy) is 1. The van der Waals surface area contributed by atoms with E-state index < -0.39 is 0 Å². The Morgan fingerprint density at radius 1 is 1.07 bits per heavy atom. The Morgan fingerprint density at radius 2 is 1.68 bits per heavy atom. The van der Waals surface area contributed by atoms with E-state index in [-0.39, 0.29) is 23.0 Å². The van der Waals surface area contributed by atoms with Gasteiger partial charge in [0.25, 0.3) is 5.91 Å². The molecule has 0 fully saturated rings. The molecule has 148 valence electrons. The molecule has 0 aromatic heterocycles. The van der Waals surface area contributed by atoms with E-state index in [9.17, 15) is 9.59 Å². The number of carbonyl (C=O) groups is 2. The molecule has 0 unspecified atom stereocenters. The molecule has 3 N–H and O–H groups in total. The minimum absolute atomic E-state index is 0.0365. The Balaban J connectivity index is 1.94. The normalized spacial score (nSPS) is 10.3. The van der Waals surface area contributed by atoms with Crippen molar-refractivity contribution in [2.45, 2.75) is 33.3 Å². The Labute approximate surface area is 178 Å². The first kappa shape index (κ1) is 21.8. The van der Waals surface area contributed by atoms with Crippen LogP contribution in [0.3, 0.4) is 0 Å². The summed E-state index contributed by atoms with van der Waals surface area (Å²) in [5, 5.41) is 8.52. The predicted octanol–water partition coefficient (Wildman–Crippen LogP) is 4.71. The molecule has 0 radical (unpaired) electrons. The Hall–Kier alpha value is -2.45. The van der Waals surface area contributed by atoms with Gasteiger partial charge in [-0.25, -0.2) is 0 Å². The van der Waals surface area contributed by atoms with Crippen LogP contribution in [0.15, 0.2) is 46.9 Å². The summed E-state index contributed by atoms with van der Waals surface area (Å²) in [5.41, 5.74) is 1.84. The third-order valence-electron chi connectivity index (χ3n) is 3.53. The number of carbonyl (C=O) groups excluding carboxylic acids is 2. The molecule has 2 aromatic carbocycles. The first-order valence-corrected chi connectivity index (χ1v) is 9.97. The fraction of sp³-hybridized carbons (Fsp3) is 0.250. The monoisotopic (exact) mass is 463 g/mol. The molecule has 2 rings (SSSR count). The van der Waals surface area contributed by atoms with Crippen LogP contribution in [-0.2, 0) is 4.79 Å². The summed E-state index contributed by atoms with van der Waals surface area (Å²) >= 11 is 8.61. The van der Waals surface area contributed by atoms with E-state index in [1.807, 2.05) is 13.8 Å². The lowest BCUT2D eigenvalue weighted by atomic mass is 10.2. The van der Waals surface area contributed by atoms with Crippen molar-refractivity contribution in [1.82, 2.24) is 5.32 Å². The second kappa shape index (κ2) is 10.2. The van der Waals surface area contributed by atoms with Crippen molar-refractivity contribution in [1.29, 1.82) is 0 Å². The molecule has 0 atom stereocenters. The average molecular weight is 464 g/mol. The molecule has 0 saturated carbocycles. The molecule has 8 heteroatoms. The van der Waals surface area contributed by atoms with Crippen molar-refractivity contribution in [2.75, 3.05) is 10.6 Å². The molecule has 0 aliphatic carbocycles. The fourth-order valence-corrected chi connectivity index (χ4v) is 2.90. The molecule has 0 heterocycles. The number of hydrogen-bond acceptors (Lipinski definition) is 4. The van der Waals surface area contributed by atoms with E-state index in [4.69, 9.17) is 17.0 Å². The zero-order valence-corrected chi connectivity index (χ0v) is 18.2. The maximum Gasteiger partial charge on any atom is 0.257 e. The minimum atomic E-state index is -0.332. The molecule has 6 nitrogen and oxygen atoms in total. The van der Waals surface area contributed by atoms with Gasteiger partial charge in [-0.15, -0.1) is 0 Å². The summed E-state index contributed by atoms with van der Waals surface area (Å²) in [6.45, 7) is 5.65. The van der Waals surface area contributed by atoms with Gasteiger partial charge in [0.15, 0.2) is 5.11 Å². The molecule has 0 saturated heterocycles. The molecule has 28 heavy (non-hydrogen) atoms. The van der Waals surface area contributed by atoms with Crippen LogP contribution in [0, 0.1) is 0 Å². The van der Waals surface area contributed by atoms with Gasteiger partial charge in [-0.1, -0.05) is 6.92 Å². The van der Waals surface area contributed by atoms with Gasteiger partial charge in [0, 0.05) is 23.4 Å². The van der Waals surface area contributed by atoms with Crippen LogP contribution in [0.25, 0.3) is 0 Å². The largest absolute Gasteiger partial charge is 0.490 e. The van der Waals surface area contributed by atoms with Crippen LogP contribution >= 0.6 is 28.1 Å². The fourth-order valence-electron chi connectivity index (χ4n) is 2.22. The van der Waals surface area contributed by atoms with Gasteiger partial charge in [0.2, 0.25) is 5.91 Å². The van der Waals surface area contributed by atoms with Crippen LogP contribution in [0.1, 0.15) is 37.6 Å². The van der Waals surface area contributed by atoms with Crippen LogP contribution < -0.4 is 20.7 Å². The first-order valence-electron chi connectivity index (χ1n) is 8.77. The van der Waals surface area contributed by atoms with Gasteiger partial charge in [0.1, 0.15) is 5.75 Å². The molecular formula is C20H22BrN3O3S. The number of amides is 2. The third-order valence-corrected chi connectivity index (χ3v) is 4.36. The summed E-state index contributed by atoms with van der Waals surface area (Å²) in [4.78, 5) is 23.8. The van der Waals surface area contributed by atoms with Crippen molar-refractivity contribution in [2.24, 2.45) is 0 Å². The number of anilines is 2. The lowest BCUT2D eigenvalue weighted by molar-refractivity contribution is -0.115. The lowest BCUT2D eigenvalue weighted by Crippen LogP contribution is -2.34. The van der Waals surface area contributed by atoms with Crippen molar-refractivity contribution >= 4 is 56.4 Å². The number of thiocarbonyl (C=S) groups is 1. The molecule has 2 amide bonds. The second-order valence-corrected chi connectivity index (χ2v) is 7.46. The predicted molar refractivity (Wildman–Crippen MR) is 119 cm³/mol. The van der Waals surface area contributed by atoms with Crippen LogP contribution in [-0.4, -0.2) is 23.0 Å². The van der Waals surface area contributed by atoms with Crippen LogP contribution in [0.4, 0.5) is 11.4 Å². The summed E-state index contributed by atoms with van der Waals surface area (Å²) < 4.78 is 6.33. The standard InChI is InChI=1S/C20H22BrN3O3S/c1-4-18(25)22-14-6-8-15(9-7-14)23-20(28)24-19(26)13-5-10-17(16(21)11-13)27-12(2)3/h5-12H,4H2,1-3H3,(H,22,25)(H2,23,24,26,28). The summed E-state index contributed by atoms with van der Waals surface area (Å²) in [6, 6.07) is 12.1. The van der Waals surface area contributed by atoms with E-state index in [2.05, 4.69) is 31.9 Å². The minimum Gasteiger partial charge on any atom is -0.490 e. The maximum atomic E-state index is 12.4. The van der Waals surface area contributed by atoms with Gasteiger partial charge in [-0.3, -0.25) is 14.9 Å². The van der Waals surface area contributed by atoms with Crippen LogP contribution in [0.2, 0.25) is 0 Å². The zero-order chi connectivity index (χ0) is 20.7. The Bertz CT molecular complexity index is 869. The summed E-state index contributed by atoms with van der Waals surface area (Å²) in [5.74, 6) is 0.281. The maximum absolute atomic E-state index is 12.4. The number of hydrogen-bond donors (Lipinski definition) is 3. The highest BCUT2D eigenvalue weighted by atomic mass is 79.9. The molecule has 2 aromatic rings. The molecule has 0 aliphatic rings. The van der Waals surface area contributed by atoms with Gasteiger partial charge in [-0.2, -0.15) is 0 Å². The van der Waals surface area contributed by atoms with Crippen molar-refractivity contribution in [3.63, 3.8) is 0 Å².